The van der Waals surface area contributed by atoms with E-state index in [0.717, 1.165) is 38.5 Å². The van der Waals surface area contributed by atoms with Crippen molar-refractivity contribution in [1.29, 1.82) is 5.26 Å². The van der Waals surface area contributed by atoms with Gasteiger partial charge in [-0.25, -0.2) is 4.98 Å². The fraction of sp³-hybridized carbons (Fsp3) is 0.538. The van der Waals surface area contributed by atoms with E-state index < -0.39 is 11.7 Å². The predicted molar refractivity (Wildman–Crippen MR) is 124 cm³/mol. The standard InChI is InChI=1S/C26H30F3N5/c27-26(28,29)22-7-4-12-31-24(22)33-17-25(18-33,10-11-30)34-13-8-19(9-14-34)16-32-23-15-21(23)20-5-2-1-3-6-20/h1-7,12,19,21,23,32H,8-10,13-18H2/t21-,23+/m0/s1. The molecule has 1 saturated carbocycles. The second-order valence-electron chi connectivity index (χ2n) is 9.99. The fourth-order valence-electron chi connectivity index (χ4n) is 5.67. The topological polar surface area (TPSA) is 55.2 Å². The van der Waals surface area contributed by atoms with E-state index in [1.165, 1.54) is 24.2 Å². The van der Waals surface area contributed by atoms with E-state index in [1.807, 2.05) is 6.07 Å². The minimum atomic E-state index is -4.44. The Morgan fingerprint density at radius 3 is 2.50 bits per heavy atom. The molecule has 5 rings (SSSR count). The van der Waals surface area contributed by atoms with Gasteiger partial charge in [0.15, 0.2) is 0 Å². The van der Waals surface area contributed by atoms with Gasteiger partial charge < -0.3 is 10.2 Å². The third-order valence-electron chi connectivity index (χ3n) is 7.74. The molecule has 34 heavy (non-hydrogen) atoms. The highest BCUT2D eigenvalue weighted by Gasteiger charge is 2.50. The predicted octanol–water partition coefficient (Wildman–Crippen LogP) is 4.43. The van der Waals surface area contributed by atoms with Crippen LogP contribution in [0.25, 0.3) is 0 Å². The summed E-state index contributed by atoms with van der Waals surface area (Å²) in [5.41, 5.74) is 0.311. The first-order valence-electron chi connectivity index (χ1n) is 12.1. The number of alkyl halides is 3. The summed E-state index contributed by atoms with van der Waals surface area (Å²) in [5.74, 6) is 1.19. The largest absolute Gasteiger partial charge is 0.419 e. The van der Waals surface area contributed by atoms with Crippen LogP contribution in [0.15, 0.2) is 48.7 Å². The van der Waals surface area contributed by atoms with Crippen LogP contribution in [-0.4, -0.2) is 54.2 Å². The molecular weight excluding hydrogens is 439 g/mol. The molecule has 1 aromatic heterocycles. The molecule has 2 aromatic rings. The summed E-state index contributed by atoms with van der Waals surface area (Å²) in [6.07, 6.45) is 0.554. The van der Waals surface area contributed by atoms with Crippen LogP contribution in [0.5, 0.6) is 0 Å². The van der Waals surface area contributed by atoms with E-state index >= 15 is 0 Å². The van der Waals surface area contributed by atoms with Crippen molar-refractivity contribution in [3.05, 3.63) is 59.8 Å². The van der Waals surface area contributed by atoms with Crippen LogP contribution in [0.3, 0.4) is 0 Å². The van der Waals surface area contributed by atoms with Crippen LogP contribution in [0.1, 0.15) is 42.7 Å². The fourth-order valence-corrected chi connectivity index (χ4v) is 5.67. The Hall–Kier alpha value is -2.63. The van der Waals surface area contributed by atoms with E-state index in [9.17, 15) is 18.4 Å². The van der Waals surface area contributed by atoms with Gasteiger partial charge in [-0.2, -0.15) is 18.4 Å². The third-order valence-corrected chi connectivity index (χ3v) is 7.74. The highest BCUT2D eigenvalue weighted by molar-refractivity contribution is 5.52. The number of piperidine rings is 1. The molecule has 0 bridgehead atoms. The van der Waals surface area contributed by atoms with Gasteiger partial charge >= 0.3 is 6.18 Å². The number of halogens is 3. The van der Waals surface area contributed by atoms with Crippen molar-refractivity contribution < 1.29 is 13.2 Å². The zero-order valence-corrected chi connectivity index (χ0v) is 19.1. The average Bonchev–Trinajstić information content (AvgIpc) is 3.60. The Balaban J connectivity index is 1.14. The molecule has 0 spiro atoms. The summed E-state index contributed by atoms with van der Waals surface area (Å²) in [4.78, 5) is 8.03. The molecule has 3 heterocycles. The van der Waals surface area contributed by atoms with Crippen molar-refractivity contribution in [1.82, 2.24) is 15.2 Å². The Morgan fingerprint density at radius 2 is 1.82 bits per heavy atom. The van der Waals surface area contributed by atoms with Crippen molar-refractivity contribution >= 4 is 5.82 Å². The van der Waals surface area contributed by atoms with Gasteiger partial charge in [-0.3, -0.25) is 4.90 Å². The number of nitrogens with one attached hydrogen (secondary N) is 1. The summed E-state index contributed by atoms with van der Waals surface area (Å²) in [7, 11) is 0. The quantitative estimate of drug-likeness (QED) is 0.650. The number of nitriles is 1. The number of nitrogens with zero attached hydrogens (tertiary/aromatic N) is 4. The van der Waals surface area contributed by atoms with Gasteiger partial charge in [-0.15, -0.1) is 0 Å². The van der Waals surface area contributed by atoms with E-state index in [4.69, 9.17) is 0 Å². The molecule has 8 heteroatoms. The molecule has 3 aliphatic rings. The van der Waals surface area contributed by atoms with Gasteiger partial charge in [-0.05, 0) is 62.5 Å². The lowest BCUT2D eigenvalue weighted by Gasteiger charge is -2.57. The van der Waals surface area contributed by atoms with E-state index in [2.05, 4.69) is 45.5 Å². The van der Waals surface area contributed by atoms with Crippen LogP contribution >= 0.6 is 0 Å². The zero-order chi connectivity index (χ0) is 23.8. The van der Waals surface area contributed by atoms with Gasteiger partial charge in [0.05, 0.1) is 23.6 Å². The minimum absolute atomic E-state index is 0.0277. The normalized spacial score (nSPS) is 24.9. The molecule has 2 atom stereocenters. The lowest BCUT2D eigenvalue weighted by molar-refractivity contribution is -0.137. The first-order chi connectivity index (χ1) is 16.4. The molecule has 180 valence electrons. The van der Waals surface area contributed by atoms with Crippen molar-refractivity contribution in [2.45, 2.75) is 49.4 Å². The average molecular weight is 470 g/mol. The second-order valence-corrected chi connectivity index (χ2v) is 9.99. The van der Waals surface area contributed by atoms with Gasteiger partial charge in [0.1, 0.15) is 5.82 Å². The number of hydrogen-bond donors (Lipinski definition) is 1. The van der Waals surface area contributed by atoms with E-state index in [-0.39, 0.29) is 11.4 Å². The van der Waals surface area contributed by atoms with Crippen molar-refractivity contribution in [2.24, 2.45) is 5.92 Å². The van der Waals surface area contributed by atoms with Crippen LogP contribution in [0.4, 0.5) is 19.0 Å². The van der Waals surface area contributed by atoms with Gasteiger partial charge in [0, 0.05) is 31.2 Å². The number of benzene rings is 1. The van der Waals surface area contributed by atoms with Crippen molar-refractivity contribution in [3.63, 3.8) is 0 Å². The van der Waals surface area contributed by atoms with Gasteiger partial charge in [0.25, 0.3) is 0 Å². The Bertz CT molecular complexity index is 1020. The van der Waals surface area contributed by atoms with Crippen molar-refractivity contribution in [2.75, 3.05) is 37.6 Å². The van der Waals surface area contributed by atoms with Gasteiger partial charge in [0.2, 0.25) is 0 Å². The first kappa shape index (κ1) is 23.1. The van der Waals surface area contributed by atoms with Crippen molar-refractivity contribution in [3.8, 4) is 6.07 Å². The number of anilines is 1. The molecule has 0 amide bonds. The number of likely N-dealkylation sites (tertiary alicyclic amines) is 1. The first-order valence-corrected chi connectivity index (χ1v) is 12.1. The third kappa shape index (κ3) is 4.64. The van der Waals surface area contributed by atoms with E-state index in [0.29, 0.717) is 37.4 Å². The molecular formula is C26H30F3N5. The number of pyridine rings is 1. The van der Waals surface area contributed by atoms with Crippen LogP contribution in [0.2, 0.25) is 0 Å². The highest BCUT2D eigenvalue weighted by atomic mass is 19.4. The summed E-state index contributed by atoms with van der Waals surface area (Å²) < 4.78 is 40.3. The van der Waals surface area contributed by atoms with Crippen LogP contribution in [0, 0.1) is 17.2 Å². The van der Waals surface area contributed by atoms with Crippen LogP contribution < -0.4 is 10.2 Å². The SMILES string of the molecule is N#CCC1(N2CCC(CN[C@@H]3C[C@H]3c3ccccc3)CC2)CN(c2ncccc2C(F)(F)F)C1. The highest BCUT2D eigenvalue weighted by Crippen LogP contribution is 2.43. The Kier molecular flexibility index (Phi) is 6.26. The maximum absolute atomic E-state index is 13.4. The summed E-state index contributed by atoms with van der Waals surface area (Å²) >= 11 is 0. The monoisotopic (exact) mass is 469 g/mol. The Labute approximate surface area is 198 Å². The zero-order valence-electron chi connectivity index (χ0n) is 19.1. The molecule has 3 fully saturated rings. The number of rotatable bonds is 7. The molecule has 1 N–H and O–H groups in total. The second kappa shape index (κ2) is 9.20. The number of hydrogen-bond acceptors (Lipinski definition) is 5. The molecule has 0 unspecified atom stereocenters. The molecule has 2 aliphatic heterocycles. The summed E-state index contributed by atoms with van der Waals surface area (Å²) in [6.45, 7) is 3.57. The maximum atomic E-state index is 13.4. The molecule has 1 aliphatic carbocycles. The maximum Gasteiger partial charge on any atom is 0.419 e. The Morgan fingerprint density at radius 1 is 1.09 bits per heavy atom. The summed E-state index contributed by atoms with van der Waals surface area (Å²) in [5, 5.41) is 13.2. The number of aromatic nitrogens is 1. The van der Waals surface area contributed by atoms with E-state index in [1.54, 1.807) is 4.90 Å². The lowest BCUT2D eigenvalue weighted by atomic mass is 9.81. The molecule has 1 aromatic carbocycles. The smallest absolute Gasteiger partial charge is 0.352 e. The van der Waals surface area contributed by atoms with Gasteiger partial charge in [-0.1, -0.05) is 30.3 Å². The summed E-state index contributed by atoms with van der Waals surface area (Å²) in [6, 6.07) is 15.9. The van der Waals surface area contributed by atoms with Crippen LogP contribution in [-0.2, 0) is 6.18 Å². The molecule has 5 nitrogen and oxygen atoms in total. The molecule has 0 radical (unpaired) electrons. The minimum Gasteiger partial charge on any atom is -0.352 e. The molecule has 2 saturated heterocycles. The lowest BCUT2D eigenvalue weighted by Crippen LogP contribution is -2.71.